The lowest BCUT2D eigenvalue weighted by Gasteiger charge is -2.23. The molecule has 2 amide bonds. The van der Waals surface area contributed by atoms with Gasteiger partial charge in [-0.25, -0.2) is 0 Å². The number of carbonyl (C=O) groups excluding carboxylic acids is 2. The van der Waals surface area contributed by atoms with Gasteiger partial charge >= 0.3 is 0 Å². The minimum absolute atomic E-state index is 0.0145. The van der Waals surface area contributed by atoms with Gasteiger partial charge in [-0.1, -0.05) is 26.7 Å². The van der Waals surface area contributed by atoms with Crippen LogP contribution in [0.3, 0.4) is 0 Å². The number of hydrogen-bond acceptors (Lipinski definition) is 3. The van der Waals surface area contributed by atoms with Gasteiger partial charge in [-0.05, 0) is 50.8 Å². The fourth-order valence-corrected chi connectivity index (χ4v) is 3.19. The lowest BCUT2D eigenvalue weighted by Crippen LogP contribution is -2.33. The fourth-order valence-electron chi connectivity index (χ4n) is 3.19. The summed E-state index contributed by atoms with van der Waals surface area (Å²) in [6, 6.07) is 5.83. The zero-order chi connectivity index (χ0) is 18.9. The molecule has 5 heteroatoms. The molecule has 1 aliphatic rings. The van der Waals surface area contributed by atoms with E-state index >= 15 is 0 Å². The molecule has 1 saturated heterocycles. The maximum Gasteiger partial charge on any atom is 0.253 e. The molecule has 2 rings (SSSR count). The molecule has 2 N–H and O–H groups in total. The third-order valence-corrected chi connectivity index (χ3v) is 4.97. The Balaban J connectivity index is 2.16. The van der Waals surface area contributed by atoms with Gasteiger partial charge in [-0.15, -0.1) is 0 Å². The summed E-state index contributed by atoms with van der Waals surface area (Å²) in [4.78, 5) is 27.2. The van der Waals surface area contributed by atoms with E-state index in [4.69, 9.17) is 0 Å². The topological polar surface area (TPSA) is 61.4 Å². The van der Waals surface area contributed by atoms with Crippen LogP contribution in [-0.4, -0.2) is 30.9 Å². The smallest absolute Gasteiger partial charge is 0.253 e. The normalized spacial score (nSPS) is 15.0. The van der Waals surface area contributed by atoms with Crippen LogP contribution in [0.1, 0.15) is 76.1 Å². The highest BCUT2D eigenvalue weighted by molar-refractivity contribution is 6.02. The molecular formula is C21H33N3O2. The first-order valence-electron chi connectivity index (χ1n) is 10.0. The molecule has 0 aliphatic carbocycles. The van der Waals surface area contributed by atoms with Gasteiger partial charge in [0.15, 0.2) is 0 Å². The maximum absolute atomic E-state index is 12.8. The van der Waals surface area contributed by atoms with Crippen molar-refractivity contribution in [2.24, 2.45) is 0 Å². The van der Waals surface area contributed by atoms with E-state index < -0.39 is 0 Å². The van der Waals surface area contributed by atoms with Crippen molar-refractivity contribution in [1.29, 1.82) is 0 Å². The largest absolute Gasteiger partial charge is 0.371 e. The molecule has 1 heterocycles. The second-order valence-corrected chi connectivity index (χ2v) is 7.21. The van der Waals surface area contributed by atoms with Crippen LogP contribution < -0.4 is 15.5 Å². The first-order chi connectivity index (χ1) is 12.5. The van der Waals surface area contributed by atoms with Crippen LogP contribution in [-0.2, 0) is 4.79 Å². The summed E-state index contributed by atoms with van der Waals surface area (Å²) < 4.78 is 0. The number of benzene rings is 1. The van der Waals surface area contributed by atoms with Crippen molar-refractivity contribution in [3.63, 3.8) is 0 Å². The minimum Gasteiger partial charge on any atom is -0.371 e. The van der Waals surface area contributed by atoms with Crippen molar-refractivity contribution < 1.29 is 9.59 Å². The van der Waals surface area contributed by atoms with E-state index in [9.17, 15) is 9.59 Å². The molecule has 0 radical (unpaired) electrons. The molecule has 144 valence electrons. The molecule has 0 aromatic heterocycles. The van der Waals surface area contributed by atoms with Crippen LogP contribution in [0.4, 0.5) is 11.4 Å². The summed E-state index contributed by atoms with van der Waals surface area (Å²) in [6.07, 6.45) is 6.77. The number of amides is 2. The molecule has 26 heavy (non-hydrogen) atoms. The summed E-state index contributed by atoms with van der Waals surface area (Å²) in [5, 5.41) is 6.00. The lowest BCUT2D eigenvalue weighted by atomic mass is 10.1. The van der Waals surface area contributed by atoms with Crippen LogP contribution in [0.2, 0.25) is 0 Å². The van der Waals surface area contributed by atoms with Gasteiger partial charge in [0, 0.05) is 36.9 Å². The average molecular weight is 360 g/mol. The standard InChI is InChI=1S/C21H33N3O2/c1-4-6-7-10-20(25)23-17-11-12-19(24-13-8-9-14-24)18(15-17)21(26)22-16(3)5-2/h11-12,15-16H,4-10,13-14H2,1-3H3,(H,22,26)(H,23,25)/t16-/m0/s1. The molecular weight excluding hydrogens is 326 g/mol. The quantitative estimate of drug-likeness (QED) is 0.645. The van der Waals surface area contributed by atoms with Crippen LogP contribution in [0.5, 0.6) is 0 Å². The van der Waals surface area contributed by atoms with Gasteiger partial charge in [-0.3, -0.25) is 9.59 Å². The van der Waals surface area contributed by atoms with Crippen molar-refractivity contribution in [2.75, 3.05) is 23.3 Å². The van der Waals surface area contributed by atoms with Crippen LogP contribution >= 0.6 is 0 Å². The summed E-state index contributed by atoms with van der Waals surface area (Å²) in [5.74, 6) is -0.0519. The molecule has 1 fully saturated rings. The zero-order valence-electron chi connectivity index (χ0n) is 16.4. The Morgan fingerprint density at radius 3 is 2.54 bits per heavy atom. The highest BCUT2D eigenvalue weighted by Gasteiger charge is 2.21. The van der Waals surface area contributed by atoms with E-state index in [-0.39, 0.29) is 17.9 Å². The summed E-state index contributed by atoms with van der Waals surface area (Å²) in [6.45, 7) is 8.14. The fraction of sp³-hybridized carbons (Fsp3) is 0.619. The predicted molar refractivity (Wildman–Crippen MR) is 108 cm³/mol. The number of unbranched alkanes of at least 4 members (excludes halogenated alkanes) is 2. The molecule has 1 atom stereocenters. The van der Waals surface area contributed by atoms with E-state index in [1.54, 1.807) is 0 Å². The van der Waals surface area contributed by atoms with Gasteiger partial charge in [0.25, 0.3) is 5.91 Å². The average Bonchev–Trinajstić information content (AvgIpc) is 3.16. The van der Waals surface area contributed by atoms with Crippen LogP contribution in [0.15, 0.2) is 18.2 Å². The highest BCUT2D eigenvalue weighted by atomic mass is 16.2. The second-order valence-electron chi connectivity index (χ2n) is 7.21. The Bertz CT molecular complexity index is 609. The van der Waals surface area contributed by atoms with Crippen molar-refractivity contribution in [3.05, 3.63) is 23.8 Å². The summed E-state index contributed by atoms with van der Waals surface area (Å²) >= 11 is 0. The zero-order valence-corrected chi connectivity index (χ0v) is 16.4. The highest BCUT2D eigenvalue weighted by Crippen LogP contribution is 2.28. The number of nitrogens with zero attached hydrogens (tertiary/aromatic N) is 1. The maximum atomic E-state index is 12.8. The van der Waals surface area contributed by atoms with Crippen molar-refractivity contribution in [3.8, 4) is 0 Å². The van der Waals surface area contributed by atoms with E-state index in [0.29, 0.717) is 17.7 Å². The Labute approximate surface area is 157 Å². The van der Waals surface area contributed by atoms with E-state index in [0.717, 1.165) is 57.3 Å². The molecule has 5 nitrogen and oxygen atoms in total. The third-order valence-electron chi connectivity index (χ3n) is 4.97. The summed E-state index contributed by atoms with van der Waals surface area (Å²) in [7, 11) is 0. The molecule has 0 unspecified atom stereocenters. The number of anilines is 2. The molecule has 1 aromatic rings. The second kappa shape index (κ2) is 10.2. The minimum atomic E-state index is -0.0664. The van der Waals surface area contributed by atoms with Crippen molar-refractivity contribution in [2.45, 2.75) is 71.8 Å². The van der Waals surface area contributed by atoms with Crippen LogP contribution in [0, 0.1) is 0 Å². The Morgan fingerprint density at radius 1 is 1.15 bits per heavy atom. The molecule has 0 saturated carbocycles. The first-order valence-corrected chi connectivity index (χ1v) is 10.0. The van der Waals surface area contributed by atoms with Gasteiger partial charge in [-0.2, -0.15) is 0 Å². The van der Waals surface area contributed by atoms with E-state index in [1.165, 1.54) is 0 Å². The summed E-state index contributed by atoms with van der Waals surface area (Å²) in [5.41, 5.74) is 2.31. The number of rotatable bonds is 9. The Morgan fingerprint density at radius 2 is 1.88 bits per heavy atom. The number of carbonyl (C=O) groups is 2. The predicted octanol–water partition coefficient (Wildman–Crippen LogP) is 4.33. The van der Waals surface area contributed by atoms with Crippen molar-refractivity contribution in [1.82, 2.24) is 5.32 Å². The van der Waals surface area contributed by atoms with Gasteiger partial charge < -0.3 is 15.5 Å². The molecule has 0 bridgehead atoms. The number of hydrogen-bond donors (Lipinski definition) is 2. The molecule has 0 spiro atoms. The number of nitrogens with one attached hydrogen (secondary N) is 2. The Hall–Kier alpha value is -2.04. The first kappa shape index (κ1) is 20.3. The monoisotopic (exact) mass is 359 g/mol. The van der Waals surface area contributed by atoms with E-state index in [2.05, 4.69) is 29.4 Å². The SMILES string of the molecule is CCCCCC(=O)Nc1ccc(N2CCCC2)c(C(=O)N[C@@H](C)CC)c1. The van der Waals surface area contributed by atoms with Crippen molar-refractivity contribution >= 4 is 23.2 Å². The Kier molecular flexibility index (Phi) is 7.95. The third kappa shape index (κ3) is 5.75. The van der Waals surface area contributed by atoms with Crippen LogP contribution in [0.25, 0.3) is 0 Å². The lowest BCUT2D eigenvalue weighted by molar-refractivity contribution is -0.116. The molecule has 1 aliphatic heterocycles. The molecule has 1 aromatic carbocycles. The van der Waals surface area contributed by atoms with Gasteiger partial charge in [0.2, 0.25) is 5.91 Å². The van der Waals surface area contributed by atoms with Gasteiger partial charge in [0.05, 0.1) is 5.56 Å². The van der Waals surface area contributed by atoms with Gasteiger partial charge in [0.1, 0.15) is 0 Å². The van der Waals surface area contributed by atoms with E-state index in [1.807, 2.05) is 25.1 Å².